The van der Waals surface area contributed by atoms with Crippen LogP contribution in [0.3, 0.4) is 0 Å². The van der Waals surface area contributed by atoms with Gasteiger partial charge in [-0.1, -0.05) is 17.7 Å². The van der Waals surface area contributed by atoms with Crippen molar-refractivity contribution in [1.82, 2.24) is 5.32 Å². The van der Waals surface area contributed by atoms with Crippen LogP contribution in [0.5, 0.6) is 23.0 Å². The van der Waals surface area contributed by atoms with Crippen LogP contribution in [0.4, 0.5) is 0 Å². The first-order valence-electron chi connectivity index (χ1n) is 9.34. The first-order valence-corrected chi connectivity index (χ1v) is 9.72. The smallest absolute Gasteiger partial charge is 0.251 e. The van der Waals surface area contributed by atoms with Gasteiger partial charge in [-0.25, -0.2) is 0 Å². The van der Waals surface area contributed by atoms with E-state index in [9.17, 15) is 4.79 Å². The number of benzene rings is 3. The third-order valence-electron chi connectivity index (χ3n) is 4.64. The van der Waals surface area contributed by atoms with Gasteiger partial charge in [0.25, 0.3) is 5.91 Å². The molecule has 1 N–H and O–H groups in total. The second-order valence-corrected chi connectivity index (χ2v) is 7.08. The van der Waals surface area contributed by atoms with Crippen LogP contribution in [0, 0.1) is 0 Å². The van der Waals surface area contributed by atoms with Crippen molar-refractivity contribution in [2.24, 2.45) is 0 Å². The van der Waals surface area contributed by atoms with Crippen LogP contribution in [-0.2, 0) is 13.2 Å². The molecule has 3 aromatic rings. The summed E-state index contributed by atoms with van der Waals surface area (Å²) in [4.78, 5) is 12.7. The molecule has 0 bridgehead atoms. The number of hydrogen-bond donors (Lipinski definition) is 1. The lowest BCUT2D eigenvalue weighted by Crippen LogP contribution is -2.23. The Labute approximate surface area is 179 Å². The number of fused-ring (bicyclic) bond motifs is 1. The van der Waals surface area contributed by atoms with Crippen LogP contribution < -0.4 is 24.3 Å². The summed E-state index contributed by atoms with van der Waals surface area (Å²) in [5, 5.41) is 3.56. The molecule has 0 aromatic heterocycles. The minimum atomic E-state index is -0.192. The highest BCUT2D eigenvalue weighted by molar-refractivity contribution is 6.30. The maximum absolute atomic E-state index is 12.7. The third-order valence-corrected chi connectivity index (χ3v) is 4.89. The zero-order valence-electron chi connectivity index (χ0n) is 16.3. The second-order valence-electron chi connectivity index (χ2n) is 6.64. The van der Waals surface area contributed by atoms with Crippen molar-refractivity contribution in [2.45, 2.75) is 13.2 Å². The number of hydrogen-bond acceptors (Lipinski definition) is 5. The molecule has 3 aromatic carbocycles. The van der Waals surface area contributed by atoms with Crippen molar-refractivity contribution in [1.29, 1.82) is 0 Å². The fourth-order valence-corrected chi connectivity index (χ4v) is 3.19. The number of amides is 1. The molecule has 0 saturated carbocycles. The molecule has 30 heavy (non-hydrogen) atoms. The van der Waals surface area contributed by atoms with E-state index in [0.717, 1.165) is 11.1 Å². The lowest BCUT2D eigenvalue weighted by atomic mass is 10.1. The molecule has 1 aliphatic heterocycles. The number of carbonyl (C=O) groups is 1. The van der Waals surface area contributed by atoms with Crippen LogP contribution in [-0.4, -0.2) is 19.8 Å². The number of halogens is 1. The van der Waals surface area contributed by atoms with Crippen molar-refractivity contribution in [2.75, 3.05) is 13.9 Å². The predicted molar refractivity (Wildman–Crippen MR) is 113 cm³/mol. The minimum Gasteiger partial charge on any atom is -0.496 e. The van der Waals surface area contributed by atoms with Gasteiger partial charge in [-0.2, -0.15) is 0 Å². The molecule has 0 spiro atoms. The molecule has 0 unspecified atom stereocenters. The van der Waals surface area contributed by atoms with Gasteiger partial charge in [-0.15, -0.1) is 0 Å². The first-order chi connectivity index (χ1) is 14.6. The summed E-state index contributed by atoms with van der Waals surface area (Å²) in [7, 11) is 1.58. The maximum Gasteiger partial charge on any atom is 0.251 e. The molecule has 0 fully saturated rings. The van der Waals surface area contributed by atoms with E-state index in [4.69, 9.17) is 30.5 Å². The maximum atomic E-state index is 12.7. The Bertz CT molecular complexity index is 1050. The van der Waals surface area contributed by atoms with Gasteiger partial charge in [-0.3, -0.25) is 4.79 Å². The molecule has 1 heterocycles. The first kappa shape index (κ1) is 19.9. The van der Waals surface area contributed by atoms with Crippen molar-refractivity contribution in [3.05, 3.63) is 82.4 Å². The Hall–Kier alpha value is -3.38. The van der Waals surface area contributed by atoms with Crippen molar-refractivity contribution in [3.8, 4) is 23.0 Å². The van der Waals surface area contributed by atoms with Crippen molar-refractivity contribution in [3.63, 3.8) is 0 Å². The van der Waals surface area contributed by atoms with Gasteiger partial charge < -0.3 is 24.3 Å². The molecule has 7 heteroatoms. The summed E-state index contributed by atoms with van der Waals surface area (Å²) < 4.78 is 21.9. The molecule has 1 amide bonds. The van der Waals surface area contributed by atoms with E-state index >= 15 is 0 Å². The number of rotatable bonds is 7. The van der Waals surface area contributed by atoms with E-state index in [1.807, 2.05) is 18.2 Å². The van der Waals surface area contributed by atoms with Crippen LogP contribution in [0.15, 0.2) is 60.7 Å². The van der Waals surface area contributed by atoms with Gasteiger partial charge in [0.2, 0.25) is 6.79 Å². The Morgan fingerprint density at radius 2 is 1.83 bits per heavy atom. The quantitative estimate of drug-likeness (QED) is 0.600. The summed E-state index contributed by atoms with van der Waals surface area (Å²) in [6.07, 6.45) is 0. The molecular formula is C23H20ClNO5. The topological polar surface area (TPSA) is 66.0 Å². The zero-order valence-corrected chi connectivity index (χ0v) is 17.1. The lowest BCUT2D eigenvalue weighted by molar-refractivity contribution is 0.0950. The van der Waals surface area contributed by atoms with E-state index in [2.05, 4.69) is 5.32 Å². The number of carbonyl (C=O) groups excluding carboxylic acids is 1. The highest BCUT2D eigenvalue weighted by Crippen LogP contribution is 2.32. The van der Waals surface area contributed by atoms with Crippen LogP contribution in [0.25, 0.3) is 0 Å². The number of nitrogens with one attached hydrogen (secondary N) is 1. The van der Waals surface area contributed by atoms with E-state index in [-0.39, 0.29) is 19.3 Å². The van der Waals surface area contributed by atoms with Gasteiger partial charge in [0.1, 0.15) is 18.1 Å². The predicted octanol–water partition coefficient (Wildman–Crippen LogP) is 4.59. The summed E-state index contributed by atoms with van der Waals surface area (Å²) in [6, 6.07) is 17.9. The largest absolute Gasteiger partial charge is 0.496 e. The average molecular weight is 426 g/mol. The van der Waals surface area contributed by atoms with Crippen molar-refractivity contribution >= 4 is 17.5 Å². The van der Waals surface area contributed by atoms with Gasteiger partial charge >= 0.3 is 0 Å². The summed E-state index contributed by atoms with van der Waals surface area (Å²) >= 11 is 5.90. The van der Waals surface area contributed by atoms with Crippen LogP contribution >= 0.6 is 11.6 Å². The Balaban J connectivity index is 1.42. The Morgan fingerprint density at radius 3 is 2.63 bits per heavy atom. The molecule has 0 atom stereocenters. The third kappa shape index (κ3) is 4.60. The highest BCUT2D eigenvalue weighted by atomic mass is 35.5. The standard InChI is InChI=1S/C23H20ClNO5/c1-27-20-9-3-16(11-17(20)13-28-19-6-4-18(24)5-7-19)23(26)25-12-15-2-8-21-22(10-15)30-14-29-21/h2-11H,12-14H2,1H3,(H,25,26). The highest BCUT2D eigenvalue weighted by Gasteiger charge is 2.14. The fraction of sp³-hybridized carbons (Fsp3) is 0.174. The average Bonchev–Trinajstić information content (AvgIpc) is 3.25. The Morgan fingerprint density at radius 1 is 1.03 bits per heavy atom. The lowest BCUT2D eigenvalue weighted by Gasteiger charge is -2.13. The second kappa shape index (κ2) is 8.97. The van der Waals surface area contributed by atoms with E-state index in [1.54, 1.807) is 49.6 Å². The summed E-state index contributed by atoms with van der Waals surface area (Å²) in [5.74, 6) is 2.54. The summed E-state index contributed by atoms with van der Waals surface area (Å²) in [5.41, 5.74) is 2.21. The van der Waals surface area contributed by atoms with Crippen molar-refractivity contribution < 1.29 is 23.7 Å². The molecule has 6 nitrogen and oxygen atoms in total. The number of methoxy groups -OCH3 is 1. The molecule has 154 valence electrons. The van der Waals surface area contributed by atoms with Gasteiger partial charge in [0.05, 0.1) is 7.11 Å². The van der Waals surface area contributed by atoms with E-state index < -0.39 is 0 Å². The van der Waals surface area contributed by atoms with E-state index in [1.165, 1.54) is 0 Å². The molecule has 4 rings (SSSR count). The Kier molecular flexibility index (Phi) is 5.95. The molecule has 0 radical (unpaired) electrons. The SMILES string of the molecule is COc1ccc(C(=O)NCc2ccc3c(c2)OCO3)cc1COc1ccc(Cl)cc1. The van der Waals surface area contributed by atoms with Gasteiger partial charge in [0, 0.05) is 22.7 Å². The van der Waals surface area contributed by atoms with Gasteiger partial charge in [-0.05, 0) is 60.2 Å². The molecular weight excluding hydrogens is 406 g/mol. The minimum absolute atomic E-state index is 0.192. The zero-order chi connectivity index (χ0) is 20.9. The normalized spacial score (nSPS) is 11.8. The monoisotopic (exact) mass is 425 g/mol. The summed E-state index contributed by atoms with van der Waals surface area (Å²) in [6.45, 7) is 0.851. The van der Waals surface area contributed by atoms with Crippen LogP contribution in [0.2, 0.25) is 5.02 Å². The molecule has 0 aliphatic carbocycles. The molecule has 1 aliphatic rings. The molecule has 0 saturated heterocycles. The van der Waals surface area contributed by atoms with Crippen LogP contribution in [0.1, 0.15) is 21.5 Å². The van der Waals surface area contributed by atoms with E-state index in [0.29, 0.717) is 40.1 Å². The number of ether oxygens (including phenoxy) is 4. The van der Waals surface area contributed by atoms with Gasteiger partial charge in [0.15, 0.2) is 11.5 Å². The fourth-order valence-electron chi connectivity index (χ4n) is 3.06.